The molecule has 4 rings (SSSR count). The van der Waals surface area contributed by atoms with Gasteiger partial charge >= 0.3 is 6.18 Å². The first kappa shape index (κ1) is 29.2. The molecule has 208 valence electrons. The van der Waals surface area contributed by atoms with Gasteiger partial charge in [-0.3, -0.25) is 4.79 Å². The fourth-order valence-electron chi connectivity index (χ4n) is 5.04. The molecule has 2 aliphatic rings. The van der Waals surface area contributed by atoms with Crippen LogP contribution in [0.1, 0.15) is 61.2 Å². The molecule has 39 heavy (non-hydrogen) atoms. The molecule has 2 N–H and O–H groups in total. The van der Waals surface area contributed by atoms with Gasteiger partial charge in [0.25, 0.3) is 5.91 Å². The molecule has 2 saturated heterocycles. The number of amides is 1. The third-order valence-corrected chi connectivity index (χ3v) is 7.62. The van der Waals surface area contributed by atoms with E-state index >= 15 is 0 Å². The molecule has 2 fully saturated rings. The number of nitrogens with one attached hydrogen (secondary N) is 2. The number of rotatable bonds is 5. The van der Waals surface area contributed by atoms with Crippen LogP contribution in [0.2, 0.25) is 10.0 Å². The zero-order valence-electron chi connectivity index (χ0n) is 22.2. The Kier molecular flexibility index (Phi) is 8.78. The molecular formula is C29H31Cl2F3N4O. The molecule has 5 nitrogen and oxygen atoms in total. The average molecular weight is 579 g/mol. The van der Waals surface area contributed by atoms with Crippen LogP contribution in [0.25, 0.3) is 11.8 Å². The Morgan fingerprint density at radius 1 is 1.08 bits per heavy atom. The largest absolute Gasteiger partial charge is 0.416 e. The van der Waals surface area contributed by atoms with Crippen LogP contribution in [0.4, 0.5) is 13.2 Å². The molecule has 0 aromatic heterocycles. The van der Waals surface area contributed by atoms with Crippen LogP contribution in [0.5, 0.6) is 0 Å². The predicted octanol–water partition coefficient (Wildman–Crippen LogP) is 7.27. The molecule has 1 amide bonds. The minimum atomic E-state index is -4.49. The lowest BCUT2D eigenvalue weighted by molar-refractivity contribution is -0.137. The summed E-state index contributed by atoms with van der Waals surface area (Å²) in [5, 5.41) is 6.88. The quantitative estimate of drug-likeness (QED) is 0.290. The first-order valence-electron chi connectivity index (χ1n) is 12.7. The van der Waals surface area contributed by atoms with E-state index in [1.165, 1.54) is 18.2 Å². The highest BCUT2D eigenvalue weighted by molar-refractivity contribution is 6.37. The third kappa shape index (κ3) is 6.86. The summed E-state index contributed by atoms with van der Waals surface area (Å²) in [7, 11) is 0. The summed E-state index contributed by atoms with van der Waals surface area (Å²) >= 11 is 12.8. The minimum Gasteiger partial charge on any atom is -0.371 e. The normalized spacial score (nSPS) is 20.0. The maximum atomic E-state index is 13.5. The Hall–Kier alpha value is -2.81. The van der Waals surface area contributed by atoms with Crippen LogP contribution in [-0.4, -0.2) is 42.3 Å². The second kappa shape index (κ2) is 11.7. The Bertz CT molecular complexity index is 1330. The SMILES string of the molecule is CC(C)=Cc1c(Cl)cc(C(=O)NC(C)=N/C(=C(\C)N2CC3CCNC3C2)c2cccc(C(F)(F)F)c2)cc1Cl. The standard InChI is InChI=1S/C29H31Cl2F3N4O/c1-16(2)10-23-24(30)12-21(13-25(23)31)28(39)37-18(4)36-27(19-6-5-7-22(11-19)29(32,33)34)17(3)38-14-20-8-9-35-26(20)15-38/h5-7,10-13,20,26,35H,8-9,14-15H2,1-4H3,(H,36,37,39)/b27-17+. The van der Waals surface area contributed by atoms with Crippen LogP contribution in [-0.2, 0) is 6.18 Å². The number of hydrogen-bond acceptors (Lipinski definition) is 4. The fraction of sp³-hybridized carbons (Fsp3) is 0.379. The molecule has 2 aromatic rings. The summed E-state index contributed by atoms with van der Waals surface area (Å²) in [6.07, 6.45) is -1.61. The number of alkyl halides is 3. The molecule has 2 heterocycles. The summed E-state index contributed by atoms with van der Waals surface area (Å²) < 4.78 is 40.6. The van der Waals surface area contributed by atoms with Crippen molar-refractivity contribution >= 4 is 46.7 Å². The highest BCUT2D eigenvalue weighted by Crippen LogP contribution is 2.35. The summed E-state index contributed by atoms with van der Waals surface area (Å²) in [6, 6.07) is 8.48. The molecule has 0 spiro atoms. The fourth-order valence-corrected chi connectivity index (χ4v) is 5.64. The molecular weight excluding hydrogens is 548 g/mol. The molecule has 2 aromatic carbocycles. The zero-order valence-corrected chi connectivity index (χ0v) is 23.7. The number of amidine groups is 1. The van der Waals surface area contributed by atoms with Gasteiger partial charge < -0.3 is 15.5 Å². The molecule has 2 unspecified atom stereocenters. The van der Waals surface area contributed by atoms with E-state index in [0.29, 0.717) is 38.8 Å². The number of likely N-dealkylation sites (tertiary alicyclic amines) is 1. The number of nitrogens with zero attached hydrogens (tertiary/aromatic N) is 2. The summed E-state index contributed by atoms with van der Waals surface area (Å²) in [5.41, 5.74) is 2.53. The number of carbonyl (C=O) groups excluding carboxylic acids is 1. The summed E-state index contributed by atoms with van der Waals surface area (Å²) in [5.74, 6) is 0.228. The third-order valence-electron chi connectivity index (χ3n) is 6.99. The first-order valence-corrected chi connectivity index (χ1v) is 13.5. The summed E-state index contributed by atoms with van der Waals surface area (Å²) in [4.78, 5) is 19.8. The van der Waals surface area contributed by atoms with E-state index in [2.05, 4.69) is 20.5 Å². The molecule has 10 heteroatoms. The van der Waals surface area contributed by atoms with Gasteiger partial charge in [0.2, 0.25) is 0 Å². The van der Waals surface area contributed by atoms with Crippen molar-refractivity contribution in [2.75, 3.05) is 19.6 Å². The van der Waals surface area contributed by atoms with Crippen LogP contribution in [0, 0.1) is 5.92 Å². The Morgan fingerprint density at radius 2 is 1.77 bits per heavy atom. The number of allylic oxidation sites excluding steroid dienone is 2. The van der Waals surface area contributed by atoms with E-state index in [9.17, 15) is 18.0 Å². The highest BCUT2D eigenvalue weighted by atomic mass is 35.5. The van der Waals surface area contributed by atoms with Crippen LogP contribution < -0.4 is 10.6 Å². The molecule has 0 radical (unpaired) electrons. The molecule has 2 aliphatic heterocycles. The van der Waals surface area contributed by atoms with Gasteiger partial charge in [-0.05, 0) is 70.8 Å². The first-order chi connectivity index (χ1) is 18.3. The van der Waals surface area contributed by atoms with E-state index < -0.39 is 17.6 Å². The number of halogens is 5. The zero-order chi connectivity index (χ0) is 28.5. The maximum Gasteiger partial charge on any atom is 0.416 e. The molecule has 0 aliphatic carbocycles. The van der Waals surface area contributed by atoms with E-state index in [1.807, 2.05) is 26.8 Å². The smallest absolute Gasteiger partial charge is 0.371 e. The van der Waals surface area contributed by atoms with Crippen LogP contribution >= 0.6 is 23.2 Å². The number of hydrogen-bond donors (Lipinski definition) is 2. The Labute approximate surface area is 236 Å². The van der Waals surface area contributed by atoms with Gasteiger partial charge in [-0.15, -0.1) is 0 Å². The number of fused-ring (bicyclic) bond motifs is 1. The van der Waals surface area contributed by atoms with Crippen molar-refractivity contribution in [3.63, 3.8) is 0 Å². The van der Waals surface area contributed by atoms with E-state index in [1.54, 1.807) is 13.0 Å². The highest BCUT2D eigenvalue weighted by Gasteiger charge is 2.37. The van der Waals surface area contributed by atoms with Gasteiger partial charge in [-0.25, -0.2) is 4.99 Å². The number of aliphatic imine (C=N–C) groups is 1. The average Bonchev–Trinajstić information content (AvgIpc) is 3.46. The van der Waals surface area contributed by atoms with Crippen molar-refractivity contribution in [1.29, 1.82) is 0 Å². The van der Waals surface area contributed by atoms with E-state index in [4.69, 9.17) is 23.2 Å². The lowest BCUT2D eigenvalue weighted by Gasteiger charge is -2.23. The van der Waals surface area contributed by atoms with Gasteiger partial charge in [0.05, 0.1) is 21.3 Å². The van der Waals surface area contributed by atoms with Crippen molar-refractivity contribution in [1.82, 2.24) is 15.5 Å². The monoisotopic (exact) mass is 578 g/mol. The Balaban J connectivity index is 1.67. The van der Waals surface area contributed by atoms with Crippen LogP contribution in [0.15, 0.2) is 52.7 Å². The maximum absolute atomic E-state index is 13.5. The van der Waals surface area contributed by atoms with Crippen molar-refractivity contribution < 1.29 is 18.0 Å². The van der Waals surface area contributed by atoms with Crippen LogP contribution in [0.3, 0.4) is 0 Å². The molecule has 0 bridgehead atoms. The lowest BCUT2D eigenvalue weighted by atomic mass is 10.1. The number of carbonyl (C=O) groups is 1. The van der Waals surface area contributed by atoms with Crippen molar-refractivity contribution in [3.8, 4) is 0 Å². The Morgan fingerprint density at radius 3 is 2.38 bits per heavy atom. The second-order valence-electron chi connectivity index (χ2n) is 10.3. The second-order valence-corrected chi connectivity index (χ2v) is 11.1. The van der Waals surface area contributed by atoms with Crippen molar-refractivity contribution in [2.24, 2.45) is 10.9 Å². The van der Waals surface area contributed by atoms with E-state index in [-0.39, 0.29) is 11.4 Å². The number of benzene rings is 2. The minimum absolute atomic E-state index is 0.227. The summed E-state index contributed by atoms with van der Waals surface area (Å²) in [6.45, 7) is 9.79. The van der Waals surface area contributed by atoms with Gasteiger partial charge in [0.15, 0.2) is 0 Å². The molecule has 2 atom stereocenters. The van der Waals surface area contributed by atoms with Gasteiger partial charge in [-0.1, -0.05) is 47.0 Å². The predicted molar refractivity (Wildman–Crippen MR) is 152 cm³/mol. The molecule has 0 saturated carbocycles. The topological polar surface area (TPSA) is 56.7 Å². The van der Waals surface area contributed by atoms with Crippen molar-refractivity contribution in [2.45, 2.75) is 46.3 Å². The van der Waals surface area contributed by atoms with Gasteiger partial charge in [-0.2, -0.15) is 13.2 Å². The van der Waals surface area contributed by atoms with Gasteiger partial charge in [0.1, 0.15) is 5.84 Å². The van der Waals surface area contributed by atoms with E-state index in [0.717, 1.165) is 49.5 Å². The lowest BCUT2D eigenvalue weighted by Crippen LogP contribution is -2.30. The van der Waals surface area contributed by atoms with Crippen molar-refractivity contribution in [3.05, 3.63) is 80.0 Å². The van der Waals surface area contributed by atoms with Gasteiger partial charge in [0, 0.05) is 41.5 Å².